The number of hydrogen-bond donors (Lipinski definition) is 0. The average molecular weight is 485 g/mol. The van der Waals surface area contributed by atoms with Crippen molar-refractivity contribution in [1.82, 2.24) is 14.8 Å². The van der Waals surface area contributed by atoms with Crippen LogP contribution in [-0.2, 0) is 17.8 Å². The summed E-state index contributed by atoms with van der Waals surface area (Å²) >= 11 is 1.52. The van der Waals surface area contributed by atoms with Gasteiger partial charge in [-0.05, 0) is 55.3 Å². The first kappa shape index (κ1) is 23.1. The second-order valence-corrected chi connectivity index (χ2v) is 9.60. The molecule has 0 saturated carbocycles. The molecule has 0 aliphatic rings. The lowest BCUT2D eigenvalue weighted by molar-refractivity contribution is -0.118. The summed E-state index contributed by atoms with van der Waals surface area (Å²) in [6, 6.07) is 22.4. The Bertz CT molecular complexity index is 1500. The monoisotopic (exact) mass is 484 g/mol. The quantitative estimate of drug-likeness (QED) is 0.274. The van der Waals surface area contributed by atoms with Crippen molar-refractivity contribution in [2.24, 2.45) is 0 Å². The molecule has 3 aromatic carbocycles. The molecule has 178 valence electrons. The van der Waals surface area contributed by atoms with Gasteiger partial charge in [0.2, 0.25) is 5.91 Å². The van der Waals surface area contributed by atoms with Gasteiger partial charge in [0.1, 0.15) is 11.3 Å². The molecule has 6 nitrogen and oxygen atoms in total. The smallest absolute Gasteiger partial charge is 0.233 e. The fourth-order valence-electron chi connectivity index (χ4n) is 4.34. The van der Waals surface area contributed by atoms with E-state index in [1.807, 2.05) is 67.9 Å². The molecule has 35 heavy (non-hydrogen) atoms. The number of hydrogen-bond acceptors (Lipinski definition) is 5. The van der Waals surface area contributed by atoms with Gasteiger partial charge in [-0.15, -0.1) is 0 Å². The van der Waals surface area contributed by atoms with Crippen LogP contribution in [0.15, 0.2) is 66.7 Å². The minimum atomic E-state index is 0.0128. The third-order valence-corrected chi connectivity index (χ3v) is 7.05. The summed E-state index contributed by atoms with van der Waals surface area (Å²) in [4.78, 5) is 20.3. The average Bonchev–Trinajstić information content (AvgIpc) is 3.42. The molecule has 5 aromatic rings. The number of benzene rings is 3. The van der Waals surface area contributed by atoms with Gasteiger partial charge in [-0.1, -0.05) is 59.9 Å². The van der Waals surface area contributed by atoms with E-state index in [9.17, 15) is 4.79 Å². The van der Waals surface area contributed by atoms with E-state index < -0.39 is 0 Å². The highest BCUT2D eigenvalue weighted by molar-refractivity contribution is 7.22. The van der Waals surface area contributed by atoms with Crippen LogP contribution in [0.1, 0.15) is 23.9 Å². The predicted octanol–water partition coefficient (Wildman–Crippen LogP) is 5.94. The van der Waals surface area contributed by atoms with E-state index >= 15 is 0 Å². The van der Waals surface area contributed by atoms with Crippen LogP contribution in [0.5, 0.6) is 5.75 Å². The van der Waals surface area contributed by atoms with E-state index in [1.165, 1.54) is 16.7 Å². The third-order valence-electron chi connectivity index (χ3n) is 6.01. The van der Waals surface area contributed by atoms with Crippen LogP contribution < -0.4 is 9.64 Å². The lowest BCUT2D eigenvalue weighted by atomic mass is 10.0. The molecule has 0 saturated heterocycles. The Morgan fingerprint density at radius 1 is 1.03 bits per heavy atom. The molecule has 0 aliphatic heterocycles. The van der Waals surface area contributed by atoms with Crippen molar-refractivity contribution in [3.05, 3.63) is 83.7 Å². The van der Waals surface area contributed by atoms with Gasteiger partial charge >= 0.3 is 0 Å². The summed E-state index contributed by atoms with van der Waals surface area (Å²) in [5.74, 6) is 0.756. The maximum atomic E-state index is 13.7. The molecule has 2 heterocycles. The molecule has 0 bridgehead atoms. The van der Waals surface area contributed by atoms with Gasteiger partial charge < -0.3 is 4.74 Å². The summed E-state index contributed by atoms with van der Waals surface area (Å²) in [5, 5.41) is 7.56. The predicted molar refractivity (Wildman–Crippen MR) is 142 cm³/mol. The van der Waals surface area contributed by atoms with Gasteiger partial charge in [-0.2, -0.15) is 5.10 Å². The molecule has 2 aromatic heterocycles. The molecule has 0 N–H and O–H groups in total. The zero-order chi connectivity index (χ0) is 24.4. The number of nitrogens with zero attached hydrogens (tertiary/aromatic N) is 4. The first-order valence-corrected chi connectivity index (χ1v) is 12.6. The molecule has 0 fully saturated rings. The highest BCUT2D eigenvalue weighted by Gasteiger charge is 2.22. The molecular formula is C28H28N4O2S. The highest BCUT2D eigenvalue weighted by atomic mass is 32.1. The number of aryl methyl sites for hydroxylation is 2. The highest BCUT2D eigenvalue weighted by Crippen LogP contribution is 2.34. The summed E-state index contributed by atoms with van der Waals surface area (Å²) in [6.07, 6.45) is 0.302. The number of ether oxygens (including phenoxy) is 1. The number of thiazole rings is 1. The third kappa shape index (κ3) is 4.91. The van der Waals surface area contributed by atoms with Crippen molar-refractivity contribution in [2.45, 2.75) is 33.7 Å². The molecule has 0 atom stereocenters. The van der Waals surface area contributed by atoms with Crippen molar-refractivity contribution in [1.29, 1.82) is 0 Å². The lowest BCUT2D eigenvalue weighted by Gasteiger charge is -2.20. The molecular weight excluding hydrogens is 456 g/mol. The van der Waals surface area contributed by atoms with E-state index in [-0.39, 0.29) is 5.91 Å². The molecule has 0 radical (unpaired) electrons. The Labute approximate surface area is 208 Å². The number of amides is 1. The Morgan fingerprint density at radius 2 is 1.86 bits per heavy atom. The number of aromatic nitrogens is 3. The molecule has 0 unspecified atom stereocenters. The first-order chi connectivity index (χ1) is 17.0. The summed E-state index contributed by atoms with van der Waals surface area (Å²) in [7, 11) is 0. The minimum Gasteiger partial charge on any atom is -0.492 e. The second kappa shape index (κ2) is 9.88. The lowest BCUT2D eigenvalue weighted by Crippen LogP contribution is -2.35. The maximum Gasteiger partial charge on any atom is 0.233 e. The number of carbonyl (C=O) groups excluding carboxylic acids is 1. The van der Waals surface area contributed by atoms with Crippen molar-refractivity contribution in [2.75, 3.05) is 18.1 Å². The first-order valence-electron chi connectivity index (χ1n) is 11.8. The van der Waals surface area contributed by atoms with Crippen LogP contribution in [0.25, 0.3) is 21.0 Å². The SMILES string of the molecule is CCOc1cccc2sc(N(CCn3nc(C)cc3C)C(=O)Cc3ccc4ccccc4c3)nc12. The Kier molecular flexibility index (Phi) is 6.51. The van der Waals surface area contributed by atoms with Crippen LogP contribution in [-0.4, -0.2) is 33.8 Å². The van der Waals surface area contributed by atoms with Crippen molar-refractivity contribution < 1.29 is 9.53 Å². The van der Waals surface area contributed by atoms with Gasteiger partial charge in [-0.25, -0.2) is 4.98 Å². The Balaban J connectivity index is 1.47. The fraction of sp³-hybridized carbons (Fsp3) is 0.250. The summed E-state index contributed by atoms with van der Waals surface area (Å²) < 4.78 is 8.73. The Morgan fingerprint density at radius 3 is 2.63 bits per heavy atom. The van der Waals surface area contributed by atoms with Gasteiger partial charge in [0.05, 0.1) is 30.0 Å². The number of anilines is 1. The van der Waals surface area contributed by atoms with E-state index in [0.717, 1.165) is 38.3 Å². The largest absolute Gasteiger partial charge is 0.492 e. The number of para-hydroxylation sites is 1. The van der Waals surface area contributed by atoms with E-state index in [4.69, 9.17) is 9.72 Å². The van der Waals surface area contributed by atoms with Gasteiger partial charge in [0.25, 0.3) is 0 Å². The van der Waals surface area contributed by atoms with Crippen LogP contribution in [0.4, 0.5) is 5.13 Å². The zero-order valence-electron chi connectivity index (χ0n) is 20.2. The minimum absolute atomic E-state index is 0.0128. The number of rotatable bonds is 8. The summed E-state index contributed by atoms with van der Waals surface area (Å²) in [6.45, 7) is 7.62. The Hall–Kier alpha value is -3.71. The molecule has 1 amide bonds. The summed E-state index contributed by atoms with van der Waals surface area (Å²) in [5.41, 5.74) is 3.83. The van der Waals surface area contributed by atoms with Crippen LogP contribution in [0.2, 0.25) is 0 Å². The second-order valence-electron chi connectivity index (χ2n) is 8.59. The number of carbonyl (C=O) groups is 1. The molecule has 0 aliphatic carbocycles. The van der Waals surface area contributed by atoms with Crippen LogP contribution in [0, 0.1) is 13.8 Å². The fourth-order valence-corrected chi connectivity index (χ4v) is 5.37. The van der Waals surface area contributed by atoms with E-state index in [2.05, 4.69) is 29.4 Å². The zero-order valence-corrected chi connectivity index (χ0v) is 21.0. The van der Waals surface area contributed by atoms with Gasteiger partial charge in [-0.3, -0.25) is 14.4 Å². The van der Waals surface area contributed by atoms with Crippen molar-refractivity contribution in [3.63, 3.8) is 0 Å². The topological polar surface area (TPSA) is 60.2 Å². The van der Waals surface area contributed by atoms with Crippen LogP contribution >= 0.6 is 11.3 Å². The molecule has 7 heteroatoms. The number of fused-ring (bicyclic) bond motifs is 2. The molecule has 5 rings (SSSR count). The van der Waals surface area contributed by atoms with Crippen LogP contribution in [0.3, 0.4) is 0 Å². The van der Waals surface area contributed by atoms with Crippen molar-refractivity contribution in [3.8, 4) is 5.75 Å². The standard InChI is InChI=1S/C28H28N4O2S/c1-4-34-24-10-7-11-25-27(24)29-28(35-25)31(14-15-32-20(3)16-19(2)30-32)26(33)18-21-12-13-22-8-5-6-9-23(22)17-21/h5-13,16-17H,4,14-15,18H2,1-3H3. The normalized spacial score (nSPS) is 11.3. The van der Waals surface area contributed by atoms with E-state index in [1.54, 1.807) is 4.90 Å². The van der Waals surface area contributed by atoms with Gasteiger partial charge in [0.15, 0.2) is 5.13 Å². The maximum absolute atomic E-state index is 13.7. The van der Waals surface area contributed by atoms with Gasteiger partial charge in [0, 0.05) is 12.2 Å². The van der Waals surface area contributed by atoms with E-state index in [0.29, 0.717) is 31.2 Å². The van der Waals surface area contributed by atoms with Crippen molar-refractivity contribution >= 4 is 43.4 Å². The molecule has 0 spiro atoms.